The van der Waals surface area contributed by atoms with E-state index in [2.05, 4.69) is 19.2 Å². The van der Waals surface area contributed by atoms with Crippen LogP contribution in [0.2, 0.25) is 0 Å². The largest absolute Gasteiger partial charge is 0.491 e. The van der Waals surface area contributed by atoms with Gasteiger partial charge < -0.3 is 19.9 Å². The fraction of sp³-hybridized carbons (Fsp3) is 0.625. The Labute approximate surface area is 122 Å². The highest BCUT2D eigenvalue weighted by Crippen LogP contribution is 2.10. The molecule has 0 heterocycles. The topological polar surface area (TPSA) is 50.7 Å². The molecule has 1 rings (SSSR count). The zero-order valence-corrected chi connectivity index (χ0v) is 12.8. The molecular formula is C16H27NO3. The van der Waals surface area contributed by atoms with Gasteiger partial charge in [0.15, 0.2) is 0 Å². The van der Waals surface area contributed by atoms with E-state index in [9.17, 15) is 5.11 Å². The first-order chi connectivity index (χ1) is 9.56. The first kappa shape index (κ1) is 17.0. The average molecular weight is 281 g/mol. The van der Waals surface area contributed by atoms with Crippen LogP contribution in [0.25, 0.3) is 0 Å². The molecule has 0 amide bonds. The SMILES string of the molecule is CC(C)NC(C)(CO)CCOCCOc1ccccc1. The van der Waals surface area contributed by atoms with Gasteiger partial charge in [-0.1, -0.05) is 32.0 Å². The molecule has 1 atom stereocenters. The van der Waals surface area contributed by atoms with Crippen LogP contribution in [0.5, 0.6) is 5.75 Å². The number of ether oxygens (including phenoxy) is 2. The molecule has 2 N–H and O–H groups in total. The van der Waals surface area contributed by atoms with Gasteiger partial charge in [-0.05, 0) is 25.5 Å². The number of benzene rings is 1. The Balaban J connectivity index is 2.12. The van der Waals surface area contributed by atoms with Crippen LogP contribution in [0.15, 0.2) is 30.3 Å². The molecule has 0 aliphatic rings. The first-order valence-corrected chi connectivity index (χ1v) is 7.20. The van der Waals surface area contributed by atoms with Crippen LogP contribution in [0.3, 0.4) is 0 Å². The molecule has 0 radical (unpaired) electrons. The molecule has 0 saturated heterocycles. The van der Waals surface area contributed by atoms with Gasteiger partial charge in [0, 0.05) is 18.2 Å². The minimum absolute atomic E-state index is 0.106. The Morgan fingerprint density at radius 3 is 2.45 bits per heavy atom. The Hall–Kier alpha value is -1.10. The van der Waals surface area contributed by atoms with Crippen LogP contribution >= 0.6 is 0 Å². The number of hydrogen-bond acceptors (Lipinski definition) is 4. The standard InChI is InChI=1S/C16H27NO3/c1-14(2)17-16(3,13-18)9-10-19-11-12-20-15-7-5-4-6-8-15/h4-8,14,17-18H,9-13H2,1-3H3. The number of para-hydroxylation sites is 1. The van der Waals surface area contributed by atoms with E-state index in [1.54, 1.807) is 0 Å². The third kappa shape index (κ3) is 6.89. The van der Waals surface area contributed by atoms with Crippen molar-refractivity contribution < 1.29 is 14.6 Å². The average Bonchev–Trinajstić information content (AvgIpc) is 2.43. The minimum atomic E-state index is -0.283. The Morgan fingerprint density at radius 1 is 1.15 bits per heavy atom. The Kier molecular flexibility index (Phi) is 7.59. The van der Waals surface area contributed by atoms with Crippen molar-refractivity contribution in [3.63, 3.8) is 0 Å². The number of aliphatic hydroxyl groups is 1. The van der Waals surface area contributed by atoms with E-state index in [0.29, 0.717) is 25.9 Å². The molecule has 1 unspecified atom stereocenters. The maximum atomic E-state index is 9.44. The summed E-state index contributed by atoms with van der Waals surface area (Å²) in [7, 11) is 0. The highest BCUT2D eigenvalue weighted by atomic mass is 16.5. The zero-order chi connectivity index (χ0) is 14.8. The summed E-state index contributed by atoms with van der Waals surface area (Å²) in [6, 6.07) is 10.0. The molecule has 0 bridgehead atoms. The number of aliphatic hydroxyl groups excluding tert-OH is 1. The van der Waals surface area contributed by atoms with Crippen LogP contribution < -0.4 is 10.1 Å². The number of rotatable bonds is 10. The summed E-state index contributed by atoms with van der Waals surface area (Å²) in [6.07, 6.45) is 0.771. The minimum Gasteiger partial charge on any atom is -0.491 e. The molecule has 1 aromatic carbocycles. The molecule has 0 saturated carbocycles. The van der Waals surface area contributed by atoms with E-state index in [1.807, 2.05) is 37.3 Å². The maximum Gasteiger partial charge on any atom is 0.119 e. The molecule has 114 valence electrons. The van der Waals surface area contributed by atoms with Gasteiger partial charge in [-0.15, -0.1) is 0 Å². The van der Waals surface area contributed by atoms with Gasteiger partial charge in [0.1, 0.15) is 12.4 Å². The monoisotopic (exact) mass is 281 g/mol. The van der Waals surface area contributed by atoms with E-state index in [1.165, 1.54) is 0 Å². The number of nitrogens with one attached hydrogen (secondary N) is 1. The summed E-state index contributed by atoms with van der Waals surface area (Å²) in [5, 5.41) is 12.8. The van der Waals surface area contributed by atoms with Gasteiger partial charge >= 0.3 is 0 Å². The lowest BCUT2D eigenvalue weighted by molar-refractivity contribution is 0.0666. The van der Waals surface area contributed by atoms with Crippen LogP contribution in [-0.2, 0) is 4.74 Å². The maximum absolute atomic E-state index is 9.44. The van der Waals surface area contributed by atoms with E-state index in [4.69, 9.17) is 9.47 Å². The molecular weight excluding hydrogens is 254 g/mol. The van der Waals surface area contributed by atoms with Crippen LogP contribution in [0.4, 0.5) is 0 Å². The van der Waals surface area contributed by atoms with Crippen molar-refractivity contribution in [2.24, 2.45) is 0 Å². The predicted molar refractivity (Wildman–Crippen MR) is 81.1 cm³/mol. The van der Waals surface area contributed by atoms with Gasteiger partial charge in [0.25, 0.3) is 0 Å². The van der Waals surface area contributed by atoms with E-state index in [-0.39, 0.29) is 12.1 Å². The van der Waals surface area contributed by atoms with Crippen molar-refractivity contribution in [2.45, 2.75) is 38.8 Å². The van der Waals surface area contributed by atoms with Gasteiger partial charge in [-0.25, -0.2) is 0 Å². The lowest BCUT2D eigenvalue weighted by atomic mass is 9.98. The number of hydrogen-bond donors (Lipinski definition) is 2. The molecule has 0 aliphatic carbocycles. The lowest BCUT2D eigenvalue weighted by Gasteiger charge is -2.31. The summed E-state index contributed by atoms with van der Waals surface area (Å²) in [5.74, 6) is 0.859. The fourth-order valence-corrected chi connectivity index (χ4v) is 2.03. The molecule has 0 fully saturated rings. The molecule has 0 aromatic heterocycles. The Morgan fingerprint density at radius 2 is 1.85 bits per heavy atom. The van der Waals surface area contributed by atoms with Crippen molar-refractivity contribution in [3.8, 4) is 5.75 Å². The first-order valence-electron chi connectivity index (χ1n) is 7.20. The summed E-state index contributed by atoms with van der Waals surface area (Å²) in [4.78, 5) is 0. The van der Waals surface area contributed by atoms with Crippen LogP contribution in [-0.4, -0.2) is 43.1 Å². The third-order valence-corrected chi connectivity index (χ3v) is 3.02. The summed E-state index contributed by atoms with van der Waals surface area (Å²) < 4.78 is 11.1. The predicted octanol–water partition coefficient (Wildman–Crippen LogP) is 2.22. The summed E-state index contributed by atoms with van der Waals surface area (Å²) in [6.45, 7) is 7.96. The normalized spacial score (nSPS) is 14.2. The molecule has 0 aliphatic heterocycles. The van der Waals surface area contributed by atoms with Crippen molar-refractivity contribution in [3.05, 3.63) is 30.3 Å². The second-order valence-electron chi connectivity index (χ2n) is 5.54. The molecule has 1 aromatic rings. The second-order valence-corrected chi connectivity index (χ2v) is 5.54. The molecule has 4 nitrogen and oxygen atoms in total. The third-order valence-electron chi connectivity index (χ3n) is 3.02. The van der Waals surface area contributed by atoms with Crippen LogP contribution in [0.1, 0.15) is 27.2 Å². The quantitative estimate of drug-likeness (QED) is 0.646. The van der Waals surface area contributed by atoms with Gasteiger partial charge in [0.2, 0.25) is 0 Å². The highest BCUT2D eigenvalue weighted by molar-refractivity contribution is 5.20. The molecule has 0 spiro atoms. The lowest BCUT2D eigenvalue weighted by Crippen LogP contribution is -2.49. The van der Waals surface area contributed by atoms with Gasteiger partial charge in [0.05, 0.1) is 13.2 Å². The van der Waals surface area contributed by atoms with Crippen LogP contribution in [0, 0.1) is 0 Å². The van der Waals surface area contributed by atoms with E-state index >= 15 is 0 Å². The van der Waals surface area contributed by atoms with E-state index < -0.39 is 0 Å². The Bertz CT molecular complexity index is 356. The highest BCUT2D eigenvalue weighted by Gasteiger charge is 2.23. The van der Waals surface area contributed by atoms with Crippen molar-refractivity contribution in [1.29, 1.82) is 0 Å². The van der Waals surface area contributed by atoms with Gasteiger partial charge in [-0.3, -0.25) is 0 Å². The second kappa shape index (κ2) is 8.95. The zero-order valence-electron chi connectivity index (χ0n) is 12.8. The summed E-state index contributed by atoms with van der Waals surface area (Å²) in [5.41, 5.74) is -0.283. The van der Waals surface area contributed by atoms with Crippen molar-refractivity contribution >= 4 is 0 Å². The molecule has 4 heteroatoms. The molecule has 20 heavy (non-hydrogen) atoms. The van der Waals surface area contributed by atoms with E-state index in [0.717, 1.165) is 12.2 Å². The van der Waals surface area contributed by atoms with Gasteiger partial charge in [-0.2, -0.15) is 0 Å². The summed E-state index contributed by atoms with van der Waals surface area (Å²) >= 11 is 0. The van der Waals surface area contributed by atoms with Crippen molar-refractivity contribution in [1.82, 2.24) is 5.32 Å². The van der Waals surface area contributed by atoms with Crippen molar-refractivity contribution in [2.75, 3.05) is 26.4 Å². The fourth-order valence-electron chi connectivity index (χ4n) is 2.03. The smallest absolute Gasteiger partial charge is 0.119 e.